The number of unbranched alkanes of at least 4 members (excludes halogenated alkanes) is 14. The Bertz CT molecular complexity index is 1960. The van der Waals surface area contributed by atoms with Crippen LogP contribution in [-0.2, 0) is 33.3 Å². The van der Waals surface area contributed by atoms with E-state index in [1.165, 1.54) is 70.6 Å². The Morgan fingerprint density at radius 1 is 0.361 bits per heavy atom. The third-order valence-electron chi connectivity index (χ3n) is 13.0. The van der Waals surface area contributed by atoms with Crippen LogP contribution in [0.5, 0.6) is 0 Å². The fourth-order valence-electron chi connectivity index (χ4n) is 8.10. The van der Waals surface area contributed by atoms with Gasteiger partial charge in [0.2, 0.25) is 0 Å². The lowest BCUT2D eigenvalue weighted by atomic mass is 10.0. The normalized spacial score (nSPS) is 13.9. The highest BCUT2D eigenvalue weighted by Gasteiger charge is 2.25. The van der Waals surface area contributed by atoms with Crippen LogP contribution in [0.4, 0.5) is 0 Å². The SMILES string of the molecule is CC/C=C\C/C=C\C/C=C\C/C=C\C/C=C\C/C=C\C/C=C\C/C=C\C/C=C\CCCC(=O)OC(COC(=O)CCCCCCCCCCCCCCC/C=C\C/C=C\C/C=C\C/C=C\C/C=C\CC)COC(OCC[N+](C)(C)C)C(=O)O. The third-order valence-corrected chi connectivity index (χ3v) is 13.0. The van der Waals surface area contributed by atoms with Crippen LogP contribution in [0.3, 0.4) is 0 Å². The number of esters is 2. The molecule has 0 radical (unpaired) electrons. The number of aliphatic carboxylic acids is 1. The molecule has 0 aromatic carbocycles. The van der Waals surface area contributed by atoms with Crippen LogP contribution in [0.2, 0.25) is 0 Å². The van der Waals surface area contributed by atoms with Gasteiger partial charge in [-0.2, -0.15) is 0 Å². The van der Waals surface area contributed by atoms with Crippen LogP contribution in [0.1, 0.15) is 219 Å². The van der Waals surface area contributed by atoms with E-state index in [1.807, 2.05) is 21.1 Å². The first-order valence-corrected chi connectivity index (χ1v) is 32.3. The lowest BCUT2D eigenvalue weighted by Crippen LogP contribution is -2.40. The maximum atomic E-state index is 12.9. The molecule has 0 heterocycles. The molecule has 0 aromatic rings. The molecule has 0 saturated carbocycles. The van der Waals surface area contributed by atoms with Gasteiger partial charge in [-0.15, -0.1) is 0 Å². The summed E-state index contributed by atoms with van der Waals surface area (Å²) >= 11 is 0. The molecule has 0 bridgehead atoms. The molecular weight excluding hydrogens is 1030 g/mol. The van der Waals surface area contributed by atoms with Crippen LogP contribution in [0.15, 0.2) is 170 Å². The Kier molecular flexibility index (Phi) is 58.6. The summed E-state index contributed by atoms with van der Waals surface area (Å²) in [6.07, 6.45) is 91.7. The van der Waals surface area contributed by atoms with Crippen molar-refractivity contribution in [3.8, 4) is 0 Å². The van der Waals surface area contributed by atoms with Gasteiger partial charge in [0.1, 0.15) is 13.2 Å². The average Bonchev–Trinajstić information content (AvgIpc) is 3.46. The maximum Gasteiger partial charge on any atom is 0.361 e. The molecule has 0 saturated heterocycles. The van der Waals surface area contributed by atoms with Crippen LogP contribution in [-0.4, -0.2) is 87.4 Å². The Morgan fingerprint density at radius 3 is 1.00 bits per heavy atom. The molecule has 0 fully saturated rings. The smallest absolute Gasteiger partial charge is 0.361 e. The van der Waals surface area contributed by atoms with E-state index >= 15 is 0 Å². The largest absolute Gasteiger partial charge is 0.477 e. The summed E-state index contributed by atoms with van der Waals surface area (Å²) in [5.41, 5.74) is 0. The number of ether oxygens (including phenoxy) is 4. The number of hydrogen-bond donors (Lipinski definition) is 1. The number of carboxylic acid groups (broad SMARTS) is 1. The first-order valence-electron chi connectivity index (χ1n) is 32.3. The van der Waals surface area contributed by atoms with Gasteiger partial charge in [-0.1, -0.05) is 255 Å². The van der Waals surface area contributed by atoms with Crippen molar-refractivity contribution in [3.05, 3.63) is 170 Å². The van der Waals surface area contributed by atoms with E-state index in [4.69, 9.17) is 18.9 Å². The van der Waals surface area contributed by atoms with Gasteiger partial charge >= 0.3 is 17.9 Å². The van der Waals surface area contributed by atoms with Gasteiger partial charge in [0, 0.05) is 12.8 Å². The van der Waals surface area contributed by atoms with E-state index < -0.39 is 24.3 Å². The third kappa shape index (κ3) is 64.1. The molecule has 0 aliphatic rings. The predicted molar refractivity (Wildman–Crippen MR) is 354 cm³/mol. The number of allylic oxidation sites excluding steroid dienone is 28. The minimum atomic E-state index is -1.54. The van der Waals surface area contributed by atoms with Crippen molar-refractivity contribution < 1.29 is 42.9 Å². The molecule has 0 amide bonds. The van der Waals surface area contributed by atoms with Gasteiger partial charge in [-0.3, -0.25) is 9.59 Å². The molecule has 83 heavy (non-hydrogen) atoms. The number of rotatable bonds is 57. The van der Waals surface area contributed by atoms with Crippen LogP contribution >= 0.6 is 0 Å². The van der Waals surface area contributed by atoms with Crippen molar-refractivity contribution >= 4 is 17.9 Å². The molecule has 2 atom stereocenters. The predicted octanol–water partition coefficient (Wildman–Crippen LogP) is 19.9. The number of carboxylic acids is 1. The zero-order valence-corrected chi connectivity index (χ0v) is 53.0. The number of carbonyl (C=O) groups is 3. The van der Waals surface area contributed by atoms with Gasteiger partial charge in [-0.05, 0) is 122 Å². The van der Waals surface area contributed by atoms with E-state index in [0.717, 1.165) is 109 Å². The van der Waals surface area contributed by atoms with E-state index in [2.05, 4.69) is 184 Å². The highest BCUT2D eigenvalue weighted by atomic mass is 16.7. The lowest BCUT2D eigenvalue weighted by molar-refractivity contribution is -0.870. The van der Waals surface area contributed by atoms with Gasteiger partial charge < -0.3 is 28.5 Å². The summed E-state index contributed by atoms with van der Waals surface area (Å²) in [6, 6.07) is 0. The van der Waals surface area contributed by atoms with E-state index in [1.54, 1.807) is 0 Å². The monoisotopic (exact) mass is 1150 g/mol. The Balaban J connectivity index is 4.33. The molecule has 466 valence electrons. The highest BCUT2D eigenvalue weighted by Crippen LogP contribution is 2.15. The number of likely N-dealkylation sites (N-methyl/N-ethyl adjacent to an activating group) is 1. The molecule has 0 rings (SSSR count). The summed E-state index contributed by atoms with van der Waals surface area (Å²) in [5, 5.41) is 9.73. The zero-order valence-electron chi connectivity index (χ0n) is 53.0. The van der Waals surface area contributed by atoms with Crippen LogP contribution in [0, 0.1) is 0 Å². The number of carbonyl (C=O) groups excluding carboxylic acids is 2. The second-order valence-corrected chi connectivity index (χ2v) is 22.0. The first-order chi connectivity index (χ1) is 40.6. The number of nitrogens with zero attached hydrogens (tertiary/aromatic N) is 1. The highest BCUT2D eigenvalue weighted by molar-refractivity contribution is 5.71. The van der Waals surface area contributed by atoms with Crippen molar-refractivity contribution in [1.29, 1.82) is 0 Å². The Hall–Kier alpha value is -5.35. The molecular formula is C74H118NO8+. The molecule has 0 aromatic heterocycles. The number of quaternary nitrogens is 1. The van der Waals surface area contributed by atoms with Crippen molar-refractivity contribution in [2.75, 3.05) is 47.5 Å². The first kappa shape index (κ1) is 77.7. The summed E-state index contributed by atoms with van der Waals surface area (Å²) < 4.78 is 22.8. The van der Waals surface area contributed by atoms with Crippen LogP contribution in [0.25, 0.3) is 0 Å². The van der Waals surface area contributed by atoms with E-state index in [0.29, 0.717) is 23.9 Å². The van der Waals surface area contributed by atoms with Crippen molar-refractivity contribution in [2.45, 2.75) is 232 Å². The van der Waals surface area contributed by atoms with Crippen molar-refractivity contribution in [2.24, 2.45) is 0 Å². The topological polar surface area (TPSA) is 108 Å². The average molecular weight is 1150 g/mol. The van der Waals surface area contributed by atoms with E-state index in [-0.39, 0.29) is 38.6 Å². The molecule has 9 nitrogen and oxygen atoms in total. The summed E-state index contributed by atoms with van der Waals surface area (Å²) in [7, 11) is 5.94. The number of hydrogen-bond acceptors (Lipinski definition) is 7. The summed E-state index contributed by atoms with van der Waals surface area (Å²) in [5.74, 6) is -2.11. The quantitative estimate of drug-likeness (QED) is 0.0211. The van der Waals surface area contributed by atoms with E-state index in [9.17, 15) is 19.5 Å². The minimum absolute atomic E-state index is 0.167. The van der Waals surface area contributed by atoms with Gasteiger partial charge in [0.15, 0.2) is 6.10 Å². The Morgan fingerprint density at radius 2 is 0.663 bits per heavy atom. The van der Waals surface area contributed by atoms with Gasteiger partial charge in [-0.25, -0.2) is 4.79 Å². The molecule has 0 aliphatic heterocycles. The maximum absolute atomic E-state index is 12.9. The second-order valence-electron chi connectivity index (χ2n) is 22.0. The molecule has 0 aliphatic carbocycles. The van der Waals surface area contributed by atoms with Crippen molar-refractivity contribution in [1.82, 2.24) is 0 Å². The summed E-state index contributed by atoms with van der Waals surface area (Å²) in [4.78, 5) is 37.5. The minimum Gasteiger partial charge on any atom is -0.477 e. The van der Waals surface area contributed by atoms with Crippen molar-refractivity contribution in [3.63, 3.8) is 0 Å². The van der Waals surface area contributed by atoms with Gasteiger partial charge in [0.25, 0.3) is 6.29 Å². The zero-order chi connectivity index (χ0) is 60.5. The molecule has 1 N–H and O–H groups in total. The summed E-state index contributed by atoms with van der Waals surface area (Å²) in [6.45, 7) is 4.56. The second kappa shape index (κ2) is 62.7. The van der Waals surface area contributed by atoms with Gasteiger partial charge in [0.05, 0.1) is 34.4 Å². The standard InChI is InChI=1S/C74H117NO8/c1-6-8-10-12-14-16-18-20-22-24-26-28-30-32-34-36-38-40-42-44-46-48-50-52-54-56-58-60-62-64-71(76)81-68-70(69-82-74(73(78)79)80-67-66-75(3,4)5)83-72(77)65-63-61-59-57-55-53-51-49-47-45-43-41-39-37-35-33-31-29-27-25-23-21-19-17-15-13-11-9-7-2/h8-11,14-17,20-23,26-29,32-35,39,41,45,47,51,53,57,59,70,74H,6-7,12-13,18-19,24-25,30-31,36-38,40,42-44,46,48-50,52,54-56,58,60-69H2,1-5H3/p+1/b10-8-,11-9-,16-14-,17-15-,22-20-,23-21-,28-26-,29-27-,34-32-,35-33-,41-39-,47-45-,53-51-,59-57-. The molecule has 2 unspecified atom stereocenters. The molecule has 0 spiro atoms. The lowest BCUT2D eigenvalue weighted by Gasteiger charge is -2.25. The fourth-order valence-corrected chi connectivity index (χ4v) is 8.10. The Labute approximate surface area is 507 Å². The fraction of sp³-hybridized carbons (Fsp3) is 0.581. The molecule has 9 heteroatoms. The van der Waals surface area contributed by atoms with Crippen LogP contribution < -0.4 is 0 Å².